The van der Waals surface area contributed by atoms with Crippen LogP contribution in [0, 0.1) is 11.6 Å². The lowest BCUT2D eigenvalue weighted by Crippen LogP contribution is -2.03. The van der Waals surface area contributed by atoms with E-state index < -0.39 is 11.6 Å². The summed E-state index contributed by atoms with van der Waals surface area (Å²) in [6.07, 6.45) is 0. The number of hydrogen-bond acceptors (Lipinski definition) is 1. The van der Waals surface area contributed by atoms with Crippen molar-refractivity contribution < 1.29 is 13.5 Å². The van der Waals surface area contributed by atoms with Gasteiger partial charge in [-0.1, -0.05) is 22.0 Å². The molecule has 2 aromatic rings. The van der Waals surface area contributed by atoms with Gasteiger partial charge in [-0.15, -0.1) is 0 Å². The van der Waals surface area contributed by atoms with Gasteiger partial charge in [0.1, 0.15) is 24.0 Å². The lowest BCUT2D eigenvalue weighted by Gasteiger charge is -2.12. The Hall–Kier alpha value is -0.460. The molecule has 0 radical (unpaired) electrons. The zero-order valence-corrected chi connectivity index (χ0v) is 14.9. The van der Waals surface area contributed by atoms with Crippen LogP contribution in [0.2, 0.25) is 0 Å². The van der Waals surface area contributed by atoms with E-state index in [2.05, 4.69) is 47.8 Å². The molecule has 0 N–H and O–H groups in total. The van der Waals surface area contributed by atoms with E-state index in [-0.39, 0.29) is 12.2 Å². The van der Waals surface area contributed by atoms with Crippen molar-refractivity contribution in [2.45, 2.75) is 11.9 Å². The Kier molecular flexibility index (Phi) is 5.57. The fourth-order valence-electron chi connectivity index (χ4n) is 1.64. The van der Waals surface area contributed by atoms with Crippen molar-refractivity contribution in [3.8, 4) is 5.75 Å². The second kappa shape index (κ2) is 7.00. The van der Waals surface area contributed by atoms with E-state index in [0.717, 1.165) is 14.5 Å². The van der Waals surface area contributed by atoms with Crippen LogP contribution in [0.1, 0.15) is 11.1 Å². The van der Waals surface area contributed by atoms with Gasteiger partial charge in [0, 0.05) is 5.33 Å². The first-order chi connectivity index (χ1) is 9.52. The van der Waals surface area contributed by atoms with Gasteiger partial charge < -0.3 is 4.74 Å². The maximum absolute atomic E-state index is 13.5. The highest BCUT2D eigenvalue weighted by Gasteiger charge is 2.13. The number of alkyl halides is 1. The zero-order valence-electron chi connectivity index (χ0n) is 10.1. The quantitative estimate of drug-likeness (QED) is 0.501. The van der Waals surface area contributed by atoms with Crippen LogP contribution in [0.5, 0.6) is 5.75 Å². The number of halogens is 5. The molecule has 0 bridgehead atoms. The van der Waals surface area contributed by atoms with Crippen LogP contribution in [0.3, 0.4) is 0 Å². The standard InChI is InChI=1S/C14H9Br3F2O/c15-6-8-4-10(16)14(11(17)5-8)20-7-9-12(18)2-1-3-13(9)19/h1-5H,6-7H2. The number of rotatable bonds is 4. The van der Waals surface area contributed by atoms with Gasteiger partial charge in [-0.2, -0.15) is 0 Å². The van der Waals surface area contributed by atoms with Crippen molar-refractivity contribution >= 4 is 47.8 Å². The summed E-state index contributed by atoms with van der Waals surface area (Å²) in [4.78, 5) is 0. The van der Waals surface area contributed by atoms with Gasteiger partial charge in [0.2, 0.25) is 0 Å². The van der Waals surface area contributed by atoms with Gasteiger partial charge in [0.05, 0.1) is 14.5 Å². The first-order valence-corrected chi connectivity index (χ1v) is 8.33. The van der Waals surface area contributed by atoms with Crippen LogP contribution in [0.25, 0.3) is 0 Å². The summed E-state index contributed by atoms with van der Waals surface area (Å²) < 4.78 is 34.0. The Morgan fingerprint density at radius 3 is 2.05 bits per heavy atom. The molecule has 0 aromatic heterocycles. The third-order valence-corrected chi connectivity index (χ3v) is 4.46. The molecule has 0 amide bonds. The first-order valence-electron chi connectivity index (χ1n) is 5.62. The van der Waals surface area contributed by atoms with Crippen molar-refractivity contribution in [3.63, 3.8) is 0 Å². The highest BCUT2D eigenvalue weighted by Crippen LogP contribution is 2.36. The molecule has 20 heavy (non-hydrogen) atoms. The number of ether oxygens (including phenoxy) is 1. The Labute approximate surface area is 140 Å². The Bertz CT molecular complexity index is 589. The summed E-state index contributed by atoms with van der Waals surface area (Å²) in [6.45, 7) is -0.177. The maximum Gasteiger partial charge on any atom is 0.148 e. The first kappa shape index (κ1) is 15.9. The van der Waals surface area contributed by atoms with Crippen molar-refractivity contribution in [3.05, 3.63) is 62.0 Å². The SMILES string of the molecule is Fc1cccc(F)c1COc1c(Br)cc(CBr)cc1Br. The summed E-state index contributed by atoms with van der Waals surface area (Å²) >= 11 is 10.1. The molecule has 0 saturated carbocycles. The summed E-state index contributed by atoms with van der Waals surface area (Å²) in [5.74, 6) is -0.721. The Morgan fingerprint density at radius 2 is 1.55 bits per heavy atom. The zero-order chi connectivity index (χ0) is 14.7. The lowest BCUT2D eigenvalue weighted by molar-refractivity contribution is 0.289. The highest BCUT2D eigenvalue weighted by molar-refractivity contribution is 9.11. The van der Waals surface area contributed by atoms with Crippen molar-refractivity contribution in [1.29, 1.82) is 0 Å². The molecule has 0 spiro atoms. The van der Waals surface area contributed by atoms with Crippen molar-refractivity contribution in [2.75, 3.05) is 0 Å². The summed E-state index contributed by atoms with van der Waals surface area (Å²) in [5, 5.41) is 0.701. The number of hydrogen-bond donors (Lipinski definition) is 0. The van der Waals surface area contributed by atoms with E-state index in [1.54, 1.807) is 0 Å². The lowest BCUT2D eigenvalue weighted by atomic mass is 10.2. The van der Waals surface area contributed by atoms with Gasteiger partial charge in [0.25, 0.3) is 0 Å². The molecule has 0 aliphatic heterocycles. The second-order valence-electron chi connectivity index (χ2n) is 4.01. The van der Waals surface area contributed by atoms with Crippen LogP contribution in [-0.2, 0) is 11.9 Å². The van der Waals surface area contributed by atoms with E-state index >= 15 is 0 Å². The van der Waals surface area contributed by atoms with Gasteiger partial charge in [-0.25, -0.2) is 8.78 Å². The Balaban J connectivity index is 2.23. The average Bonchev–Trinajstić information content (AvgIpc) is 2.40. The van der Waals surface area contributed by atoms with E-state index in [0.29, 0.717) is 11.1 Å². The molecule has 0 saturated heterocycles. The minimum Gasteiger partial charge on any atom is -0.486 e. The monoisotopic (exact) mass is 468 g/mol. The maximum atomic E-state index is 13.5. The predicted octanol–water partition coefficient (Wildman–Crippen LogP) is 5.96. The highest BCUT2D eigenvalue weighted by atomic mass is 79.9. The molecule has 0 unspecified atom stereocenters. The molecule has 0 atom stereocenters. The molecule has 2 rings (SSSR count). The molecule has 6 heteroatoms. The molecule has 0 aliphatic carbocycles. The smallest absolute Gasteiger partial charge is 0.148 e. The van der Waals surface area contributed by atoms with Crippen LogP contribution in [0.4, 0.5) is 8.78 Å². The van der Waals surface area contributed by atoms with Crippen LogP contribution < -0.4 is 4.74 Å². The van der Waals surface area contributed by atoms with Crippen LogP contribution in [0.15, 0.2) is 39.3 Å². The molecular formula is C14H9Br3F2O. The van der Waals surface area contributed by atoms with Crippen LogP contribution >= 0.6 is 47.8 Å². The largest absolute Gasteiger partial charge is 0.486 e. The number of benzene rings is 2. The molecule has 0 heterocycles. The van der Waals surface area contributed by atoms with Crippen molar-refractivity contribution in [1.82, 2.24) is 0 Å². The fourth-order valence-corrected chi connectivity index (χ4v) is 3.48. The summed E-state index contributed by atoms with van der Waals surface area (Å²) in [6, 6.07) is 7.50. The van der Waals surface area contributed by atoms with E-state index in [1.807, 2.05) is 12.1 Å². The average molecular weight is 471 g/mol. The van der Waals surface area contributed by atoms with Crippen LogP contribution in [-0.4, -0.2) is 0 Å². The van der Waals surface area contributed by atoms with E-state index in [9.17, 15) is 8.78 Å². The minimum absolute atomic E-state index is 0.0872. The molecule has 0 fully saturated rings. The third-order valence-electron chi connectivity index (χ3n) is 2.63. The van der Waals surface area contributed by atoms with E-state index in [4.69, 9.17) is 4.74 Å². The molecule has 106 valence electrons. The minimum atomic E-state index is -0.616. The molecule has 1 nitrogen and oxygen atoms in total. The second-order valence-corrected chi connectivity index (χ2v) is 6.28. The predicted molar refractivity (Wildman–Crippen MR) is 85.2 cm³/mol. The van der Waals surface area contributed by atoms with E-state index in [1.165, 1.54) is 18.2 Å². The summed E-state index contributed by atoms with van der Waals surface area (Å²) in [7, 11) is 0. The molecule has 2 aromatic carbocycles. The van der Waals surface area contributed by atoms with Crippen molar-refractivity contribution in [2.24, 2.45) is 0 Å². The molecule has 0 aliphatic rings. The summed E-state index contributed by atoms with van der Waals surface area (Å²) in [5.41, 5.74) is 0.962. The molecular weight excluding hydrogens is 462 g/mol. The fraction of sp³-hybridized carbons (Fsp3) is 0.143. The van der Waals surface area contributed by atoms with Gasteiger partial charge in [-0.3, -0.25) is 0 Å². The Morgan fingerprint density at radius 1 is 1.00 bits per heavy atom. The van der Waals surface area contributed by atoms with Gasteiger partial charge in [0.15, 0.2) is 0 Å². The van der Waals surface area contributed by atoms with Gasteiger partial charge >= 0.3 is 0 Å². The topological polar surface area (TPSA) is 9.23 Å². The normalized spacial score (nSPS) is 10.7. The van der Waals surface area contributed by atoms with Gasteiger partial charge in [-0.05, 0) is 61.7 Å². The third kappa shape index (κ3) is 3.59.